The molecule has 0 aliphatic rings. The van der Waals surface area contributed by atoms with Crippen LogP contribution < -0.4 is 0 Å². The molecule has 0 aliphatic carbocycles. The fourth-order valence-corrected chi connectivity index (χ4v) is 3.42. The number of hydrogen-bond donors (Lipinski definition) is 1. The zero-order valence-corrected chi connectivity index (χ0v) is 17.3. The van der Waals surface area contributed by atoms with Crippen LogP contribution in [-0.4, -0.2) is 22.8 Å². The van der Waals surface area contributed by atoms with Crippen LogP contribution in [0.3, 0.4) is 0 Å². The maximum absolute atomic E-state index is 12.4. The smallest absolute Gasteiger partial charge is 0.338 e. The number of H-pyrrole nitrogens is 1. The van der Waals surface area contributed by atoms with Crippen molar-refractivity contribution in [1.82, 2.24) is 4.98 Å². The molecule has 0 unspecified atom stereocenters. The number of carbonyl (C=O) groups is 2. The molecular weight excluding hydrogens is 397 g/mol. The molecule has 2 rings (SSSR count). The van der Waals surface area contributed by atoms with Gasteiger partial charge >= 0.3 is 5.97 Å². The predicted molar refractivity (Wildman–Crippen MR) is 105 cm³/mol. The van der Waals surface area contributed by atoms with Crippen LogP contribution in [0.5, 0.6) is 0 Å². The third-order valence-electron chi connectivity index (χ3n) is 3.90. The Kier molecular flexibility index (Phi) is 6.78. The van der Waals surface area contributed by atoms with Gasteiger partial charge in [0.2, 0.25) is 0 Å². The number of carbonyl (C=O) groups excluding carboxylic acids is 2. The van der Waals surface area contributed by atoms with Gasteiger partial charge in [0.05, 0.1) is 21.7 Å². The Hall–Kier alpha value is -1.49. The number of ether oxygens (including phenoxy) is 1. The van der Waals surface area contributed by atoms with Crippen molar-refractivity contribution in [3.05, 3.63) is 55.3 Å². The Morgan fingerprint density at radius 3 is 2.12 bits per heavy atom. The van der Waals surface area contributed by atoms with Crippen LogP contribution in [0, 0.1) is 13.8 Å². The summed E-state index contributed by atoms with van der Waals surface area (Å²) in [6.07, 6.45) is 0.564. The summed E-state index contributed by atoms with van der Waals surface area (Å²) in [5.74, 6) is -0.512. The summed E-state index contributed by atoms with van der Waals surface area (Å²) in [4.78, 5) is 27.3. The van der Waals surface area contributed by atoms with Crippen LogP contribution in [0.2, 0.25) is 15.2 Å². The van der Waals surface area contributed by atoms with Crippen LogP contribution in [0.15, 0.2) is 12.1 Å². The predicted octanol–water partition coefficient (Wildman–Crippen LogP) is 5.97. The van der Waals surface area contributed by atoms with E-state index < -0.39 is 0 Å². The van der Waals surface area contributed by atoms with Gasteiger partial charge in [-0.15, -0.1) is 0 Å². The van der Waals surface area contributed by atoms with E-state index >= 15 is 0 Å². The van der Waals surface area contributed by atoms with Crippen molar-refractivity contribution in [3.8, 4) is 0 Å². The topological polar surface area (TPSA) is 59.2 Å². The summed E-state index contributed by atoms with van der Waals surface area (Å²) in [7, 11) is 0. The number of hydrogen-bond acceptors (Lipinski definition) is 3. The minimum atomic E-state index is -0.333. The Labute approximate surface area is 167 Å². The molecule has 0 fully saturated rings. The van der Waals surface area contributed by atoms with Gasteiger partial charge in [-0.2, -0.15) is 0 Å². The summed E-state index contributed by atoms with van der Waals surface area (Å²) in [6, 6.07) is 3.79. The fraction of sp³-hybridized carbons (Fsp3) is 0.368. The number of esters is 1. The molecule has 0 saturated heterocycles. The lowest BCUT2D eigenvalue weighted by atomic mass is 9.96. The van der Waals surface area contributed by atoms with Gasteiger partial charge in [0.1, 0.15) is 10.8 Å². The molecule has 7 heteroatoms. The highest BCUT2D eigenvalue weighted by atomic mass is 35.5. The van der Waals surface area contributed by atoms with Crippen molar-refractivity contribution in [2.24, 2.45) is 0 Å². The van der Waals surface area contributed by atoms with Gasteiger partial charge < -0.3 is 9.72 Å². The van der Waals surface area contributed by atoms with E-state index in [1.165, 1.54) is 0 Å². The minimum Gasteiger partial charge on any atom is -0.459 e. The molecule has 4 nitrogen and oxygen atoms in total. The molecule has 1 heterocycles. The van der Waals surface area contributed by atoms with Crippen molar-refractivity contribution in [3.63, 3.8) is 0 Å². The molecule has 0 amide bonds. The van der Waals surface area contributed by atoms with E-state index in [0.717, 1.165) is 16.7 Å². The molecule has 0 spiro atoms. The van der Waals surface area contributed by atoms with Gasteiger partial charge in [-0.05, 0) is 50.8 Å². The first-order valence-corrected chi connectivity index (χ1v) is 9.32. The number of benzene rings is 1. The van der Waals surface area contributed by atoms with Gasteiger partial charge in [-0.1, -0.05) is 46.9 Å². The first-order valence-electron chi connectivity index (χ1n) is 8.18. The Bertz CT molecular complexity index is 833. The molecule has 26 heavy (non-hydrogen) atoms. The average Bonchev–Trinajstić information content (AvgIpc) is 2.79. The van der Waals surface area contributed by atoms with Gasteiger partial charge in [0.15, 0.2) is 5.78 Å². The van der Waals surface area contributed by atoms with E-state index in [1.54, 1.807) is 0 Å². The van der Waals surface area contributed by atoms with Crippen molar-refractivity contribution >= 4 is 46.6 Å². The maximum Gasteiger partial charge on any atom is 0.338 e. The molecule has 140 valence electrons. The quantitative estimate of drug-likeness (QED) is 0.466. The second-order valence-corrected chi connectivity index (χ2v) is 7.56. The Balaban J connectivity index is 2.14. The molecule has 1 aromatic heterocycles. The first kappa shape index (κ1) is 20.8. The van der Waals surface area contributed by atoms with Gasteiger partial charge in [0, 0.05) is 6.42 Å². The highest BCUT2D eigenvalue weighted by Crippen LogP contribution is 2.33. The first-order chi connectivity index (χ1) is 12.1. The maximum atomic E-state index is 12.4. The van der Waals surface area contributed by atoms with Crippen LogP contribution in [-0.2, 0) is 11.2 Å². The number of aromatic nitrogens is 1. The minimum absolute atomic E-state index is 0.140. The Morgan fingerprint density at radius 2 is 1.65 bits per heavy atom. The number of Topliss-reactive ketones (excluding diaryl/α,β-unsaturated/α-hetero) is 1. The Morgan fingerprint density at radius 1 is 1.08 bits per heavy atom. The lowest BCUT2D eigenvalue weighted by Crippen LogP contribution is -2.14. The SMILES string of the molecule is Cc1cc(CCC(=O)c2[nH]c(Cl)c(Cl)c2Cl)cc(C)c1C(=O)OC(C)C. The zero-order valence-electron chi connectivity index (χ0n) is 15.0. The van der Waals surface area contributed by atoms with Crippen LogP contribution >= 0.6 is 34.8 Å². The van der Waals surface area contributed by atoms with Crippen LogP contribution in [0.25, 0.3) is 0 Å². The largest absolute Gasteiger partial charge is 0.459 e. The number of aromatic amines is 1. The average molecular weight is 417 g/mol. The second kappa shape index (κ2) is 8.47. The zero-order chi connectivity index (χ0) is 19.6. The van der Waals surface area contributed by atoms with E-state index in [9.17, 15) is 9.59 Å². The molecule has 0 radical (unpaired) electrons. The molecule has 0 bridgehead atoms. The summed E-state index contributed by atoms with van der Waals surface area (Å²) in [5.41, 5.74) is 3.38. The van der Waals surface area contributed by atoms with Gasteiger partial charge in [-0.3, -0.25) is 4.79 Å². The third-order valence-corrected chi connectivity index (χ3v) is 5.13. The lowest BCUT2D eigenvalue weighted by Gasteiger charge is -2.14. The van der Waals surface area contributed by atoms with E-state index in [-0.39, 0.29) is 45.2 Å². The van der Waals surface area contributed by atoms with E-state index in [0.29, 0.717) is 12.0 Å². The second-order valence-electron chi connectivity index (χ2n) is 6.42. The summed E-state index contributed by atoms with van der Waals surface area (Å²) >= 11 is 17.8. The normalized spacial score (nSPS) is 11.1. The van der Waals surface area contributed by atoms with E-state index in [4.69, 9.17) is 39.5 Å². The van der Waals surface area contributed by atoms with Crippen LogP contribution in [0.1, 0.15) is 57.8 Å². The van der Waals surface area contributed by atoms with E-state index in [1.807, 2.05) is 39.8 Å². The van der Waals surface area contributed by atoms with Crippen LogP contribution in [0.4, 0.5) is 0 Å². The van der Waals surface area contributed by atoms with Crippen molar-refractivity contribution in [1.29, 1.82) is 0 Å². The number of nitrogens with one attached hydrogen (secondary N) is 1. The van der Waals surface area contributed by atoms with Gasteiger partial charge in [-0.25, -0.2) is 4.79 Å². The number of halogens is 3. The number of aryl methyl sites for hydroxylation is 3. The van der Waals surface area contributed by atoms with Crippen molar-refractivity contribution in [2.45, 2.75) is 46.6 Å². The van der Waals surface area contributed by atoms with Crippen molar-refractivity contribution in [2.75, 3.05) is 0 Å². The third kappa shape index (κ3) is 4.61. The summed E-state index contributed by atoms with van der Waals surface area (Å²) in [5, 5.41) is 0.442. The van der Waals surface area contributed by atoms with Crippen molar-refractivity contribution < 1.29 is 14.3 Å². The van der Waals surface area contributed by atoms with Gasteiger partial charge in [0.25, 0.3) is 0 Å². The number of ketones is 1. The molecular formula is C19H20Cl3NO3. The number of rotatable bonds is 6. The molecule has 1 N–H and O–H groups in total. The lowest BCUT2D eigenvalue weighted by molar-refractivity contribution is 0.0376. The highest BCUT2D eigenvalue weighted by molar-refractivity contribution is 6.49. The molecule has 0 aliphatic heterocycles. The summed E-state index contributed by atoms with van der Waals surface area (Å²) in [6.45, 7) is 7.34. The standard InChI is InChI=1S/C19H20Cl3NO3/c1-9(2)26-19(25)14-10(3)7-12(8-11(14)4)5-6-13(24)17-15(20)16(21)18(22)23-17/h7-9,23H,5-6H2,1-4H3. The highest BCUT2D eigenvalue weighted by Gasteiger charge is 2.20. The van der Waals surface area contributed by atoms with E-state index in [2.05, 4.69) is 4.98 Å². The molecule has 0 saturated carbocycles. The monoisotopic (exact) mass is 415 g/mol. The molecule has 2 aromatic rings. The molecule has 0 atom stereocenters. The fourth-order valence-electron chi connectivity index (χ4n) is 2.79. The summed E-state index contributed by atoms with van der Waals surface area (Å²) < 4.78 is 5.28. The molecule has 1 aromatic carbocycles.